The fourth-order valence-corrected chi connectivity index (χ4v) is 4.09. The van der Waals surface area contributed by atoms with E-state index in [0.717, 1.165) is 18.2 Å². The summed E-state index contributed by atoms with van der Waals surface area (Å²) in [5, 5.41) is 21.2. The van der Waals surface area contributed by atoms with Gasteiger partial charge in [-0.25, -0.2) is 4.99 Å². The Morgan fingerprint density at radius 3 is 2.59 bits per heavy atom. The highest BCUT2D eigenvalue weighted by atomic mass is 19.4. The van der Waals surface area contributed by atoms with Crippen molar-refractivity contribution in [3.8, 4) is 6.19 Å². The van der Waals surface area contributed by atoms with Crippen LogP contribution in [0.5, 0.6) is 0 Å². The van der Waals surface area contributed by atoms with Crippen molar-refractivity contribution in [3.05, 3.63) is 77.0 Å². The summed E-state index contributed by atoms with van der Waals surface area (Å²) in [7, 11) is 0. The molecule has 1 aliphatic heterocycles. The van der Waals surface area contributed by atoms with Crippen molar-refractivity contribution in [1.29, 1.82) is 5.26 Å². The lowest BCUT2D eigenvalue weighted by Gasteiger charge is -2.36. The van der Waals surface area contributed by atoms with Crippen LogP contribution in [-0.4, -0.2) is 64.8 Å². The number of piperidine rings is 1. The molecule has 206 valence electrons. The van der Waals surface area contributed by atoms with Gasteiger partial charge in [0, 0.05) is 43.0 Å². The Bertz CT molecular complexity index is 1290. The molecule has 1 unspecified atom stereocenters. The predicted octanol–water partition coefficient (Wildman–Crippen LogP) is 3.16. The number of hydrogen-bond acceptors (Lipinski definition) is 7. The Morgan fingerprint density at radius 1 is 1.26 bits per heavy atom. The molecular weight excluding hydrogens is 513 g/mol. The molecule has 1 atom stereocenters. The third kappa shape index (κ3) is 7.36. The summed E-state index contributed by atoms with van der Waals surface area (Å²) >= 11 is 0. The molecule has 9 nitrogen and oxygen atoms in total. The molecule has 1 heterocycles. The molecule has 12 heteroatoms. The largest absolute Gasteiger partial charge is 0.416 e. The van der Waals surface area contributed by atoms with Crippen LogP contribution in [0.4, 0.5) is 18.9 Å². The van der Waals surface area contributed by atoms with Crippen molar-refractivity contribution >= 4 is 23.3 Å². The molecule has 2 aromatic rings. The number of amidine groups is 1. The monoisotopic (exact) mass is 542 g/mol. The summed E-state index contributed by atoms with van der Waals surface area (Å²) in [5.74, 6) is -1.09. The highest BCUT2D eigenvalue weighted by Gasteiger charge is 2.38. The number of nitrogens with two attached hydrogens (primary N) is 1. The number of aliphatic imine (C=N–C) groups is 1. The molecule has 0 radical (unpaired) electrons. The van der Waals surface area contributed by atoms with Gasteiger partial charge < -0.3 is 21.1 Å². The number of nitrogens with one attached hydrogen (secondary N) is 1. The highest BCUT2D eigenvalue weighted by Crippen LogP contribution is 2.30. The van der Waals surface area contributed by atoms with E-state index in [1.165, 1.54) is 15.9 Å². The number of aliphatic hydroxyl groups excluding tert-OH is 1. The van der Waals surface area contributed by atoms with Crippen LogP contribution in [0.1, 0.15) is 35.7 Å². The number of carbonyl (C=O) groups excluding carboxylic acids is 2. The van der Waals surface area contributed by atoms with Gasteiger partial charge in [0.25, 0.3) is 11.8 Å². The molecule has 0 spiro atoms. The van der Waals surface area contributed by atoms with Gasteiger partial charge in [0.2, 0.25) is 0 Å². The van der Waals surface area contributed by atoms with E-state index in [9.17, 15) is 28.0 Å². The lowest BCUT2D eigenvalue weighted by Crippen LogP contribution is -2.56. The molecule has 0 aliphatic carbocycles. The first-order valence-electron chi connectivity index (χ1n) is 12.3. The number of rotatable bonds is 9. The number of alkyl halides is 3. The Hall–Kier alpha value is -4.37. The molecule has 3 rings (SSSR count). The number of amides is 2. The molecular formula is C27H29F3N6O3. The van der Waals surface area contributed by atoms with Crippen LogP contribution in [0.2, 0.25) is 0 Å². The number of carbonyl (C=O) groups is 2. The molecule has 1 fully saturated rings. The maximum absolute atomic E-state index is 13.4. The van der Waals surface area contributed by atoms with Gasteiger partial charge in [-0.05, 0) is 43.7 Å². The maximum Gasteiger partial charge on any atom is 0.416 e. The summed E-state index contributed by atoms with van der Waals surface area (Å²) in [6, 6.07) is 11.6. The van der Waals surface area contributed by atoms with Crippen molar-refractivity contribution in [2.45, 2.75) is 32.0 Å². The zero-order valence-corrected chi connectivity index (χ0v) is 21.3. The van der Waals surface area contributed by atoms with Crippen LogP contribution in [0, 0.1) is 11.5 Å². The number of nitrogens with zero attached hydrogens (tertiary/aromatic N) is 4. The van der Waals surface area contributed by atoms with Gasteiger partial charge in [-0.1, -0.05) is 24.3 Å². The number of para-hydroxylation sites is 1. The summed E-state index contributed by atoms with van der Waals surface area (Å²) < 4.78 is 39.5. The van der Waals surface area contributed by atoms with Gasteiger partial charge in [0.15, 0.2) is 6.19 Å². The standard InChI is InChI=1S/C27H29F3N6O3/c1-2-36-24(33-20-10-4-3-5-11-20)21(22(32)16-35(17-31)12-7-13-37)15-23(26(36)39)34-25(38)18-8-6-9-19(14-18)27(28,29)30/h3-6,8-11,14,23,37H,2,7,12-13,15-16,32H2,1H3,(H,34,38)/b22-21-,33-24?. The Labute approximate surface area is 224 Å². The summed E-state index contributed by atoms with van der Waals surface area (Å²) in [6.45, 7) is 2.00. The number of benzene rings is 2. The van der Waals surface area contributed by atoms with E-state index in [4.69, 9.17) is 10.8 Å². The predicted molar refractivity (Wildman–Crippen MR) is 138 cm³/mol. The summed E-state index contributed by atoms with van der Waals surface area (Å²) in [4.78, 5) is 33.7. The lowest BCUT2D eigenvalue weighted by molar-refractivity contribution is -0.137. The van der Waals surface area contributed by atoms with Crippen molar-refractivity contribution in [2.75, 3.05) is 26.2 Å². The molecule has 2 aromatic carbocycles. The van der Waals surface area contributed by atoms with Gasteiger partial charge in [0.05, 0.1) is 17.8 Å². The Balaban J connectivity index is 1.99. The minimum absolute atomic E-state index is 0.0142. The van der Waals surface area contributed by atoms with Crippen LogP contribution in [0.15, 0.2) is 70.9 Å². The van der Waals surface area contributed by atoms with Crippen LogP contribution in [0.3, 0.4) is 0 Å². The molecule has 2 amide bonds. The number of halogens is 3. The van der Waals surface area contributed by atoms with Gasteiger partial charge >= 0.3 is 6.18 Å². The first kappa shape index (κ1) is 29.2. The third-order valence-corrected chi connectivity index (χ3v) is 6.04. The highest BCUT2D eigenvalue weighted by molar-refractivity contribution is 6.14. The average molecular weight is 543 g/mol. The number of aliphatic hydroxyl groups is 1. The minimum Gasteiger partial charge on any atom is -0.400 e. The number of likely N-dealkylation sites (N-methyl/N-ethyl adjacent to an activating group) is 1. The van der Waals surface area contributed by atoms with E-state index >= 15 is 0 Å². The fourth-order valence-electron chi connectivity index (χ4n) is 4.09. The van der Waals surface area contributed by atoms with Crippen molar-refractivity contribution < 1.29 is 27.9 Å². The smallest absolute Gasteiger partial charge is 0.400 e. The van der Waals surface area contributed by atoms with Crippen LogP contribution in [0.25, 0.3) is 0 Å². The Kier molecular flexibility index (Phi) is 9.68. The fraction of sp³-hybridized carbons (Fsp3) is 0.333. The maximum atomic E-state index is 13.4. The van der Waals surface area contributed by atoms with Crippen LogP contribution in [-0.2, 0) is 11.0 Å². The number of nitriles is 1. The lowest BCUT2D eigenvalue weighted by atomic mass is 9.95. The Morgan fingerprint density at radius 2 is 1.97 bits per heavy atom. The van der Waals surface area contributed by atoms with E-state index in [1.54, 1.807) is 31.2 Å². The average Bonchev–Trinajstić information content (AvgIpc) is 2.92. The summed E-state index contributed by atoms with van der Waals surface area (Å²) in [5.41, 5.74) is 6.41. The SMILES string of the molecule is CCN1C(=O)C(NC(=O)c2cccc(C(F)(F)F)c2)C/C(=C(/N)CN(C#N)CCCO)C1=Nc1ccccc1. The van der Waals surface area contributed by atoms with E-state index in [2.05, 4.69) is 10.3 Å². The van der Waals surface area contributed by atoms with E-state index in [-0.39, 0.29) is 49.8 Å². The molecule has 0 saturated carbocycles. The quantitative estimate of drug-likeness (QED) is 0.329. The zero-order valence-electron chi connectivity index (χ0n) is 21.3. The molecule has 1 saturated heterocycles. The molecule has 0 bridgehead atoms. The zero-order chi connectivity index (χ0) is 28.6. The van der Waals surface area contributed by atoms with E-state index in [0.29, 0.717) is 17.7 Å². The first-order chi connectivity index (χ1) is 18.6. The second-order valence-corrected chi connectivity index (χ2v) is 8.76. The van der Waals surface area contributed by atoms with Gasteiger partial charge in [0.1, 0.15) is 11.9 Å². The second kappa shape index (κ2) is 12.9. The van der Waals surface area contributed by atoms with Crippen LogP contribution < -0.4 is 11.1 Å². The van der Waals surface area contributed by atoms with Gasteiger partial charge in [-0.3, -0.25) is 14.5 Å². The topological polar surface area (TPSA) is 135 Å². The molecule has 4 N–H and O–H groups in total. The molecule has 0 aromatic heterocycles. The van der Waals surface area contributed by atoms with Crippen molar-refractivity contribution in [1.82, 2.24) is 15.1 Å². The normalized spacial score (nSPS) is 18.1. The first-order valence-corrected chi connectivity index (χ1v) is 12.3. The van der Waals surface area contributed by atoms with Crippen molar-refractivity contribution in [3.63, 3.8) is 0 Å². The van der Waals surface area contributed by atoms with Crippen molar-refractivity contribution in [2.24, 2.45) is 10.7 Å². The molecule has 39 heavy (non-hydrogen) atoms. The third-order valence-electron chi connectivity index (χ3n) is 6.04. The number of likely N-dealkylation sites (tertiary alicyclic amines) is 1. The number of hydrogen-bond donors (Lipinski definition) is 3. The molecule has 1 aliphatic rings. The summed E-state index contributed by atoms with van der Waals surface area (Å²) in [6.07, 6.45) is -2.36. The second-order valence-electron chi connectivity index (χ2n) is 8.76. The van der Waals surface area contributed by atoms with Gasteiger partial charge in [-0.2, -0.15) is 18.4 Å². The van der Waals surface area contributed by atoms with E-state index < -0.39 is 29.6 Å². The van der Waals surface area contributed by atoms with Gasteiger partial charge in [-0.15, -0.1) is 0 Å². The van der Waals surface area contributed by atoms with E-state index in [1.807, 2.05) is 12.3 Å². The minimum atomic E-state index is -4.63. The van der Waals surface area contributed by atoms with Crippen LogP contribution >= 0.6 is 0 Å².